The molecule has 0 N–H and O–H groups in total. The van der Waals surface area contributed by atoms with E-state index in [1.54, 1.807) is 23.9 Å². The molecular weight excluding hydrogens is 328 g/mol. The second kappa shape index (κ2) is 6.18. The van der Waals surface area contributed by atoms with Gasteiger partial charge in [0.2, 0.25) is 0 Å². The first-order valence-electron chi connectivity index (χ1n) is 6.61. The van der Waals surface area contributed by atoms with Crippen molar-refractivity contribution >= 4 is 44.2 Å². The largest absolute Gasteiger partial charge is 0.326 e. The molecule has 0 fully saturated rings. The summed E-state index contributed by atoms with van der Waals surface area (Å²) in [5.74, 6) is 0.712. The van der Waals surface area contributed by atoms with Gasteiger partial charge in [-0.15, -0.1) is 11.6 Å². The minimum atomic E-state index is -3.32. The van der Waals surface area contributed by atoms with Gasteiger partial charge in [0.25, 0.3) is 0 Å². The van der Waals surface area contributed by atoms with E-state index in [1.165, 1.54) is 6.26 Å². The predicted molar refractivity (Wildman–Crippen MR) is 90.1 cm³/mol. The summed E-state index contributed by atoms with van der Waals surface area (Å²) in [6.45, 7) is 4.72. The van der Waals surface area contributed by atoms with Crippen molar-refractivity contribution < 1.29 is 8.42 Å². The SMILES string of the molecule is CSC(C)Cn1c(C(C)Cl)nc2c(S(C)(=O)=O)cccc21. The van der Waals surface area contributed by atoms with Crippen molar-refractivity contribution in [3.63, 3.8) is 0 Å². The van der Waals surface area contributed by atoms with E-state index in [1.807, 2.05) is 17.6 Å². The molecule has 7 heteroatoms. The zero-order valence-corrected chi connectivity index (χ0v) is 14.9. The summed E-state index contributed by atoms with van der Waals surface area (Å²) in [5.41, 5.74) is 1.33. The molecule has 0 radical (unpaired) electrons. The lowest BCUT2D eigenvalue weighted by atomic mass is 10.3. The van der Waals surface area contributed by atoms with E-state index in [0.717, 1.165) is 12.1 Å². The lowest BCUT2D eigenvalue weighted by Gasteiger charge is -2.14. The second-order valence-electron chi connectivity index (χ2n) is 5.14. The maximum Gasteiger partial charge on any atom is 0.177 e. The van der Waals surface area contributed by atoms with Gasteiger partial charge in [-0.3, -0.25) is 0 Å². The highest BCUT2D eigenvalue weighted by Crippen LogP contribution is 2.29. The van der Waals surface area contributed by atoms with Crippen LogP contribution in [-0.4, -0.2) is 35.7 Å². The summed E-state index contributed by atoms with van der Waals surface area (Å²) < 4.78 is 25.9. The van der Waals surface area contributed by atoms with Crippen molar-refractivity contribution in [1.82, 2.24) is 9.55 Å². The Morgan fingerprint density at radius 3 is 2.57 bits per heavy atom. The van der Waals surface area contributed by atoms with Crippen LogP contribution in [0.15, 0.2) is 23.1 Å². The van der Waals surface area contributed by atoms with Crippen LogP contribution < -0.4 is 0 Å². The van der Waals surface area contributed by atoms with Gasteiger partial charge in [-0.1, -0.05) is 13.0 Å². The normalized spacial score (nSPS) is 15.3. The van der Waals surface area contributed by atoms with Gasteiger partial charge in [-0.25, -0.2) is 13.4 Å². The summed E-state index contributed by atoms with van der Waals surface area (Å²) in [6.07, 6.45) is 3.25. The molecule has 2 atom stereocenters. The topological polar surface area (TPSA) is 52.0 Å². The number of aromatic nitrogens is 2. The number of alkyl halides is 1. The number of nitrogens with zero attached hydrogens (tertiary/aromatic N) is 2. The molecular formula is C14H19ClN2O2S2. The molecule has 0 bridgehead atoms. The van der Waals surface area contributed by atoms with E-state index in [-0.39, 0.29) is 10.3 Å². The Kier molecular flexibility index (Phi) is 4.90. The molecule has 0 amide bonds. The molecule has 116 valence electrons. The average Bonchev–Trinajstić information content (AvgIpc) is 2.76. The molecule has 1 aromatic carbocycles. The molecule has 2 rings (SSSR count). The molecule has 0 aliphatic carbocycles. The van der Waals surface area contributed by atoms with Crippen molar-refractivity contribution in [2.45, 2.75) is 35.9 Å². The zero-order chi connectivity index (χ0) is 15.8. The lowest BCUT2D eigenvalue weighted by molar-refractivity contribution is 0.602. The maximum absolute atomic E-state index is 11.9. The van der Waals surface area contributed by atoms with Gasteiger partial charge < -0.3 is 4.57 Å². The molecule has 2 unspecified atom stereocenters. The number of thioether (sulfide) groups is 1. The van der Waals surface area contributed by atoms with E-state index in [0.29, 0.717) is 16.6 Å². The Bertz CT molecular complexity index is 754. The average molecular weight is 347 g/mol. The Balaban J connectivity index is 2.74. The molecule has 1 heterocycles. The maximum atomic E-state index is 11.9. The number of rotatable bonds is 5. The zero-order valence-electron chi connectivity index (χ0n) is 12.5. The first kappa shape index (κ1) is 16.6. The minimum absolute atomic E-state index is 0.258. The van der Waals surface area contributed by atoms with Gasteiger partial charge in [-0.2, -0.15) is 11.8 Å². The van der Waals surface area contributed by atoms with Crippen molar-refractivity contribution in [2.24, 2.45) is 0 Å². The fourth-order valence-electron chi connectivity index (χ4n) is 2.27. The van der Waals surface area contributed by atoms with E-state index < -0.39 is 9.84 Å². The molecule has 1 aromatic heterocycles. The van der Waals surface area contributed by atoms with Crippen molar-refractivity contribution in [3.05, 3.63) is 24.0 Å². The number of fused-ring (bicyclic) bond motifs is 1. The molecule has 0 aliphatic rings. The first-order chi connectivity index (χ1) is 9.75. The lowest BCUT2D eigenvalue weighted by Crippen LogP contribution is -2.12. The van der Waals surface area contributed by atoms with Gasteiger partial charge in [0, 0.05) is 18.1 Å². The molecule has 2 aromatic rings. The van der Waals surface area contributed by atoms with Crippen LogP contribution in [0.1, 0.15) is 25.0 Å². The van der Waals surface area contributed by atoms with Crippen molar-refractivity contribution in [1.29, 1.82) is 0 Å². The molecule has 21 heavy (non-hydrogen) atoms. The third-order valence-corrected chi connectivity index (χ3v) is 5.65. The number of imidazole rings is 1. The Morgan fingerprint density at radius 1 is 1.38 bits per heavy atom. The van der Waals surface area contributed by atoms with Gasteiger partial charge in [0.05, 0.1) is 15.8 Å². The van der Waals surface area contributed by atoms with E-state index in [2.05, 4.69) is 18.2 Å². The number of sulfone groups is 1. The van der Waals surface area contributed by atoms with Crippen LogP contribution in [0.25, 0.3) is 11.0 Å². The Hall–Kier alpha value is -0.720. The van der Waals surface area contributed by atoms with E-state index in [9.17, 15) is 8.42 Å². The van der Waals surface area contributed by atoms with Crippen LogP contribution in [0.2, 0.25) is 0 Å². The number of hydrogen-bond acceptors (Lipinski definition) is 4. The summed E-state index contributed by atoms with van der Waals surface area (Å²) in [5, 5.41) is 0.109. The third kappa shape index (κ3) is 3.38. The van der Waals surface area contributed by atoms with Crippen LogP contribution in [0.3, 0.4) is 0 Å². The van der Waals surface area contributed by atoms with Crippen molar-refractivity contribution in [3.8, 4) is 0 Å². The van der Waals surface area contributed by atoms with Gasteiger partial charge in [-0.05, 0) is 25.3 Å². The van der Waals surface area contributed by atoms with Crippen molar-refractivity contribution in [2.75, 3.05) is 12.5 Å². The van der Waals surface area contributed by atoms with Crippen LogP contribution in [0.4, 0.5) is 0 Å². The van der Waals surface area contributed by atoms with Crippen LogP contribution in [0, 0.1) is 0 Å². The molecule has 0 saturated carbocycles. The quantitative estimate of drug-likeness (QED) is 0.777. The number of para-hydroxylation sites is 1. The minimum Gasteiger partial charge on any atom is -0.326 e. The summed E-state index contributed by atoms with van der Waals surface area (Å²) in [6, 6.07) is 5.24. The highest BCUT2D eigenvalue weighted by Gasteiger charge is 2.21. The number of benzene rings is 1. The smallest absolute Gasteiger partial charge is 0.177 e. The standard InChI is InChI=1S/C14H19ClN2O2S2/c1-9(20-3)8-17-11-6-5-7-12(21(4,18)19)13(11)16-14(17)10(2)15/h5-7,9-10H,8H2,1-4H3. The first-order valence-corrected chi connectivity index (χ1v) is 10.2. The van der Waals surface area contributed by atoms with Crippen LogP contribution in [0.5, 0.6) is 0 Å². The fraction of sp³-hybridized carbons (Fsp3) is 0.500. The highest BCUT2D eigenvalue weighted by atomic mass is 35.5. The summed E-state index contributed by atoms with van der Waals surface area (Å²) in [7, 11) is -3.32. The predicted octanol–water partition coefficient (Wildman–Crippen LogP) is 3.49. The summed E-state index contributed by atoms with van der Waals surface area (Å²) >= 11 is 7.99. The summed E-state index contributed by atoms with van der Waals surface area (Å²) in [4.78, 5) is 4.77. The fourth-order valence-corrected chi connectivity index (χ4v) is 3.56. The van der Waals surface area contributed by atoms with Gasteiger partial charge >= 0.3 is 0 Å². The Labute approximate surface area is 134 Å². The molecule has 0 spiro atoms. The monoisotopic (exact) mass is 346 g/mol. The van der Waals surface area contributed by atoms with E-state index in [4.69, 9.17) is 11.6 Å². The van der Waals surface area contributed by atoms with E-state index >= 15 is 0 Å². The van der Waals surface area contributed by atoms with Gasteiger partial charge in [0.1, 0.15) is 11.3 Å². The van der Waals surface area contributed by atoms with Crippen LogP contribution in [-0.2, 0) is 16.4 Å². The van der Waals surface area contributed by atoms with Crippen LogP contribution >= 0.6 is 23.4 Å². The number of halogens is 1. The second-order valence-corrected chi connectivity index (χ2v) is 9.05. The Morgan fingerprint density at radius 2 is 2.05 bits per heavy atom. The number of hydrogen-bond donors (Lipinski definition) is 0. The highest BCUT2D eigenvalue weighted by molar-refractivity contribution is 7.99. The molecule has 4 nitrogen and oxygen atoms in total. The third-order valence-electron chi connectivity index (χ3n) is 3.37. The molecule has 0 saturated heterocycles. The molecule has 0 aliphatic heterocycles. The van der Waals surface area contributed by atoms with Gasteiger partial charge in [0.15, 0.2) is 9.84 Å².